The van der Waals surface area contributed by atoms with E-state index in [2.05, 4.69) is 10.6 Å². The third kappa shape index (κ3) is 5.60. The Labute approximate surface area is 105 Å². The Bertz CT molecular complexity index is 370. The Hall–Kier alpha value is -1.66. The van der Waals surface area contributed by atoms with Crippen LogP contribution in [0, 0.1) is 5.82 Å². The van der Waals surface area contributed by atoms with Crippen LogP contribution in [0.5, 0.6) is 0 Å². The van der Waals surface area contributed by atoms with Crippen LogP contribution in [0.3, 0.4) is 0 Å². The molecule has 1 unspecified atom stereocenters. The summed E-state index contributed by atoms with van der Waals surface area (Å²) in [5.41, 5.74) is 0.506. The van der Waals surface area contributed by atoms with Gasteiger partial charge in [-0.25, -0.2) is 9.18 Å². The fraction of sp³-hybridized carbons (Fsp3) is 0.417. The van der Waals surface area contributed by atoms with Crippen molar-refractivity contribution in [1.29, 1.82) is 0 Å². The lowest BCUT2D eigenvalue weighted by molar-refractivity contribution is 0.0599. The third-order valence-corrected chi connectivity index (χ3v) is 2.22. The predicted octanol–water partition coefficient (Wildman–Crippen LogP) is 1.34. The van der Waals surface area contributed by atoms with Gasteiger partial charge in [-0.15, -0.1) is 0 Å². The van der Waals surface area contributed by atoms with Gasteiger partial charge in [0.05, 0.1) is 12.7 Å². The zero-order chi connectivity index (χ0) is 13.4. The van der Waals surface area contributed by atoms with Crippen molar-refractivity contribution in [2.45, 2.75) is 12.5 Å². The summed E-state index contributed by atoms with van der Waals surface area (Å²) in [6.07, 6.45) is -0.189. The summed E-state index contributed by atoms with van der Waals surface area (Å²) < 4.78 is 17.4. The van der Waals surface area contributed by atoms with E-state index in [1.54, 1.807) is 0 Å². The number of rotatable bonds is 6. The highest BCUT2D eigenvalue weighted by atomic mass is 19.1. The van der Waals surface area contributed by atoms with Gasteiger partial charge in [0, 0.05) is 19.3 Å². The number of amides is 2. The summed E-state index contributed by atoms with van der Waals surface area (Å²) in [6, 6.07) is 5.06. The maximum Gasteiger partial charge on any atom is 0.319 e. The molecule has 0 aliphatic carbocycles. The lowest BCUT2D eigenvalue weighted by Crippen LogP contribution is -2.32. The normalized spacial score (nSPS) is 11.9. The molecule has 100 valence electrons. The van der Waals surface area contributed by atoms with Crippen molar-refractivity contribution in [1.82, 2.24) is 5.32 Å². The topological polar surface area (TPSA) is 70.6 Å². The molecule has 2 amide bonds. The summed E-state index contributed by atoms with van der Waals surface area (Å²) in [7, 11) is 1.50. The van der Waals surface area contributed by atoms with Crippen LogP contribution in [-0.4, -0.2) is 37.5 Å². The number of urea groups is 1. The van der Waals surface area contributed by atoms with Crippen LogP contribution in [-0.2, 0) is 4.74 Å². The summed E-state index contributed by atoms with van der Waals surface area (Å²) in [6.45, 7) is 0.568. The van der Waals surface area contributed by atoms with Gasteiger partial charge in [-0.3, -0.25) is 0 Å². The standard InChI is InChI=1S/C12H17FN2O3/c1-18-8-11(16)6-7-14-12(17)15-10-4-2-9(13)3-5-10/h2-5,11,16H,6-8H2,1H3,(H2,14,15,17). The zero-order valence-electron chi connectivity index (χ0n) is 10.1. The zero-order valence-corrected chi connectivity index (χ0v) is 10.1. The van der Waals surface area contributed by atoms with E-state index < -0.39 is 12.1 Å². The molecule has 1 atom stereocenters. The Morgan fingerprint density at radius 1 is 1.44 bits per heavy atom. The van der Waals surface area contributed by atoms with E-state index in [4.69, 9.17) is 4.74 Å². The molecule has 1 rings (SSSR count). The average Bonchev–Trinajstić information content (AvgIpc) is 2.32. The Morgan fingerprint density at radius 2 is 2.11 bits per heavy atom. The molecule has 0 aliphatic heterocycles. The molecule has 1 aromatic carbocycles. The van der Waals surface area contributed by atoms with E-state index in [1.807, 2.05) is 0 Å². The summed E-state index contributed by atoms with van der Waals surface area (Å²) >= 11 is 0. The second-order valence-corrected chi connectivity index (χ2v) is 3.79. The first-order valence-electron chi connectivity index (χ1n) is 5.59. The van der Waals surface area contributed by atoms with Crippen molar-refractivity contribution in [3.63, 3.8) is 0 Å². The number of hydrogen-bond donors (Lipinski definition) is 3. The van der Waals surface area contributed by atoms with E-state index in [0.717, 1.165) is 0 Å². The highest BCUT2D eigenvalue weighted by Crippen LogP contribution is 2.07. The summed E-state index contributed by atoms with van der Waals surface area (Å²) in [5, 5.41) is 14.5. The Kier molecular flexibility index (Phi) is 6.10. The van der Waals surface area contributed by atoms with E-state index >= 15 is 0 Å². The lowest BCUT2D eigenvalue weighted by Gasteiger charge is -2.10. The number of hydrogen-bond acceptors (Lipinski definition) is 3. The van der Waals surface area contributed by atoms with Crippen LogP contribution < -0.4 is 10.6 Å². The first-order chi connectivity index (χ1) is 8.61. The Balaban J connectivity index is 2.23. The minimum Gasteiger partial charge on any atom is -0.391 e. The van der Waals surface area contributed by atoms with E-state index in [9.17, 15) is 14.3 Å². The van der Waals surface area contributed by atoms with Gasteiger partial charge in [-0.2, -0.15) is 0 Å². The van der Waals surface area contributed by atoms with Gasteiger partial charge >= 0.3 is 6.03 Å². The lowest BCUT2D eigenvalue weighted by atomic mass is 10.3. The fourth-order valence-corrected chi connectivity index (χ4v) is 1.34. The maximum atomic E-state index is 12.6. The first-order valence-corrected chi connectivity index (χ1v) is 5.59. The number of carbonyl (C=O) groups is 1. The SMILES string of the molecule is COCC(O)CCNC(=O)Nc1ccc(F)cc1. The van der Waals surface area contributed by atoms with Crippen molar-refractivity contribution in [3.05, 3.63) is 30.1 Å². The quantitative estimate of drug-likeness (QED) is 0.719. The first kappa shape index (κ1) is 14.4. The van der Waals surface area contributed by atoms with Crippen LogP contribution in [0.2, 0.25) is 0 Å². The summed E-state index contributed by atoms with van der Waals surface area (Å²) in [4.78, 5) is 11.4. The largest absolute Gasteiger partial charge is 0.391 e. The molecule has 0 fully saturated rings. The third-order valence-electron chi connectivity index (χ3n) is 2.22. The van der Waals surface area contributed by atoms with Crippen LogP contribution >= 0.6 is 0 Å². The number of aliphatic hydroxyl groups excluding tert-OH is 1. The Morgan fingerprint density at radius 3 is 2.72 bits per heavy atom. The number of methoxy groups -OCH3 is 1. The molecule has 6 heteroatoms. The second-order valence-electron chi connectivity index (χ2n) is 3.79. The van der Waals surface area contributed by atoms with E-state index in [1.165, 1.54) is 31.4 Å². The van der Waals surface area contributed by atoms with Crippen molar-refractivity contribution < 1.29 is 19.0 Å². The van der Waals surface area contributed by atoms with Gasteiger partial charge in [-0.1, -0.05) is 0 Å². The number of carbonyl (C=O) groups excluding carboxylic acids is 1. The van der Waals surface area contributed by atoms with Gasteiger partial charge in [0.1, 0.15) is 5.82 Å². The molecule has 0 heterocycles. The highest BCUT2D eigenvalue weighted by Gasteiger charge is 2.05. The van der Waals surface area contributed by atoms with Crippen molar-refractivity contribution >= 4 is 11.7 Å². The minimum atomic E-state index is -0.596. The molecule has 0 aliphatic rings. The van der Waals surface area contributed by atoms with Crippen molar-refractivity contribution in [3.8, 4) is 0 Å². The molecule has 0 saturated carbocycles. The van der Waals surface area contributed by atoms with Crippen LogP contribution in [0.4, 0.5) is 14.9 Å². The van der Waals surface area contributed by atoms with Gasteiger partial charge in [-0.05, 0) is 30.7 Å². The molecular weight excluding hydrogens is 239 g/mol. The van der Waals surface area contributed by atoms with Gasteiger partial charge < -0.3 is 20.5 Å². The summed E-state index contributed by atoms with van der Waals surface area (Å²) in [5.74, 6) is -0.358. The molecule has 1 aromatic rings. The highest BCUT2D eigenvalue weighted by molar-refractivity contribution is 5.89. The predicted molar refractivity (Wildman–Crippen MR) is 65.9 cm³/mol. The number of ether oxygens (including phenoxy) is 1. The molecule has 0 radical (unpaired) electrons. The van der Waals surface area contributed by atoms with E-state index in [0.29, 0.717) is 18.7 Å². The molecule has 0 saturated heterocycles. The van der Waals surface area contributed by atoms with Crippen LogP contribution in [0.15, 0.2) is 24.3 Å². The van der Waals surface area contributed by atoms with Crippen LogP contribution in [0.25, 0.3) is 0 Å². The number of benzene rings is 1. The number of halogens is 1. The second kappa shape index (κ2) is 7.62. The molecule has 18 heavy (non-hydrogen) atoms. The number of nitrogens with one attached hydrogen (secondary N) is 2. The molecular formula is C12H17FN2O3. The minimum absolute atomic E-state index is 0.237. The van der Waals surface area contributed by atoms with Gasteiger partial charge in [0.15, 0.2) is 0 Å². The van der Waals surface area contributed by atoms with E-state index in [-0.39, 0.29) is 12.4 Å². The van der Waals surface area contributed by atoms with Gasteiger partial charge in [0.25, 0.3) is 0 Å². The smallest absolute Gasteiger partial charge is 0.319 e. The average molecular weight is 256 g/mol. The van der Waals surface area contributed by atoms with Crippen molar-refractivity contribution in [2.75, 3.05) is 25.6 Å². The molecule has 0 spiro atoms. The fourth-order valence-electron chi connectivity index (χ4n) is 1.34. The number of anilines is 1. The molecule has 0 bridgehead atoms. The molecule has 3 N–H and O–H groups in total. The molecule has 5 nitrogen and oxygen atoms in total. The van der Waals surface area contributed by atoms with Gasteiger partial charge in [0.2, 0.25) is 0 Å². The maximum absolute atomic E-state index is 12.6. The number of aliphatic hydroxyl groups is 1. The van der Waals surface area contributed by atoms with Crippen molar-refractivity contribution in [2.24, 2.45) is 0 Å². The monoisotopic (exact) mass is 256 g/mol. The molecule has 0 aromatic heterocycles. The van der Waals surface area contributed by atoms with Crippen LogP contribution in [0.1, 0.15) is 6.42 Å².